The van der Waals surface area contributed by atoms with E-state index in [1.54, 1.807) is 6.92 Å². The first kappa shape index (κ1) is 12.4. The number of hydrogen-bond acceptors (Lipinski definition) is 4. The number of aliphatic carboxylic acids is 1. The number of carboxylic acids is 1. The molecule has 2 aliphatic heterocycles. The number of aliphatic hydroxyl groups is 1. The maximum atomic E-state index is 11.9. The largest absolute Gasteiger partial charge is 0.480 e. The SMILES string of the molecule is C[C@H](O)/C=C1/C(=O)N2[C@@H]1SC(C)(C)[C@@H]2C(=O)O. The predicted octanol–water partition coefficient (Wildman–Crippen LogP) is 0.440. The van der Waals surface area contributed by atoms with Crippen molar-refractivity contribution >= 4 is 23.6 Å². The Labute approximate surface area is 103 Å². The lowest BCUT2D eigenvalue weighted by Gasteiger charge is -2.39. The van der Waals surface area contributed by atoms with Gasteiger partial charge in [0.2, 0.25) is 0 Å². The summed E-state index contributed by atoms with van der Waals surface area (Å²) in [5.41, 5.74) is 0.516. The minimum absolute atomic E-state index is 0.229. The Kier molecular flexibility index (Phi) is 2.74. The van der Waals surface area contributed by atoms with Crippen LogP contribution in [0.25, 0.3) is 0 Å². The molecular formula is C11H15NO4S. The van der Waals surface area contributed by atoms with E-state index in [9.17, 15) is 19.8 Å². The third-order valence-electron chi connectivity index (χ3n) is 3.01. The van der Waals surface area contributed by atoms with Gasteiger partial charge in [-0.15, -0.1) is 11.8 Å². The second kappa shape index (κ2) is 3.74. The van der Waals surface area contributed by atoms with Gasteiger partial charge in [-0.2, -0.15) is 0 Å². The quantitative estimate of drug-likeness (QED) is 0.554. The summed E-state index contributed by atoms with van der Waals surface area (Å²) < 4.78 is -0.513. The number of carbonyl (C=O) groups excluding carboxylic acids is 1. The fourth-order valence-electron chi connectivity index (χ4n) is 2.33. The van der Waals surface area contributed by atoms with Crippen molar-refractivity contribution in [3.8, 4) is 0 Å². The van der Waals surface area contributed by atoms with Gasteiger partial charge < -0.3 is 15.1 Å². The van der Waals surface area contributed by atoms with Gasteiger partial charge in [-0.1, -0.05) is 0 Å². The number of thioether (sulfide) groups is 1. The average molecular weight is 257 g/mol. The van der Waals surface area contributed by atoms with E-state index in [2.05, 4.69) is 0 Å². The Morgan fingerprint density at radius 2 is 2.18 bits per heavy atom. The van der Waals surface area contributed by atoms with Gasteiger partial charge in [0, 0.05) is 10.3 Å². The Balaban J connectivity index is 2.31. The number of nitrogens with zero attached hydrogens (tertiary/aromatic N) is 1. The standard InChI is InChI=1S/C11H15NO4S/c1-5(13)4-6-8(14)12-7(10(15)16)11(2,3)17-9(6)12/h4-5,7,9,13H,1-3H3,(H,15,16)/b6-4-/t5-,7-,9+/m0/s1. The molecule has 94 valence electrons. The van der Waals surface area contributed by atoms with Crippen molar-refractivity contribution in [1.82, 2.24) is 4.90 Å². The molecule has 2 fully saturated rings. The highest BCUT2D eigenvalue weighted by atomic mass is 32.2. The molecular weight excluding hydrogens is 242 g/mol. The lowest BCUT2D eigenvalue weighted by atomic mass is 9.95. The molecule has 5 nitrogen and oxygen atoms in total. The van der Waals surface area contributed by atoms with Crippen LogP contribution < -0.4 is 0 Å². The van der Waals surface area contributed by atoms with Crippen LogP contribution in [-0.2, 0) is 9.59 Å². The molecule has 0 spiro atoms. The normalized spacial score (nSPS) is 34.5. The highest BCUT2D eigenvalue weighted by Crippen LogP contribution is 2.52. The summed E-state index contributed by atoms with van der Waals surface area (Å²) >= 11 is 1.45. The van der Waals surface area contributed by atoms with Gasteiger partial charge in [-0.05, 0) is 26.8 Å². The number of rotatable bonds is 2. The van der Waals surface area contributed by atoms with E-state index in [0.29, 0.717) is 5.57 Å². The molecule has 0 bridgehead atoms. The van der Waals surface area contributed by atoms with E-state index in [0.717, 1.165) is 0 Å². The number of aliphatic hydroxyl groups excluding tert-OH is 1. The van der Waals surface area contributed by atoms with Crippen LogP contribution in [0.3, 0.4) is 0 Å². The van der Waals surface area contributed by atoms with Crippen LogP contribution in [0.2, 0.25) is 0 Å². The molecule has 2 aliphatic rings. The molecule has 0 aliphatic carbocycles. The number of β-lactam (4-membered cyclic amide) rings is 1. The topological polar surface area (TPSA) is 77.8 Å². The van der Waals surface area contributed by atoms with Crippen molar-refractivity contribution < 1.29 is 19.8 Å². The smallest absolute Gasteiger partial charge is 0.327 e. The molecule has 1 amide bonds. The van der Waals surface area contributed by atoms with E-state index >= 15 is 0 Å². The van der Waals surface area contributed by atoms with Gasteiger partial charge in [0.1, 0.15) is 11.4 Å². The Bertz CT molecular complexity index is 416. The second-order valence-corrected chi connectivity index (χ2v) is 6.62. The number of fused-ring (bicyclic) bond motifs is 1. The van der Waals surface area contributed by atoms with E-state index < -0.39 is 22.9 Å². The molecule has 0 aromatic carbocycles. The highest BCUT2D eigenvalue weighted by Gasteiger charge is 2.61. The first-order valence-electron chi connectivity index (χ1n) is 5.39. The van der Waals surface area contributed by atoms with Crippen molar-refractivity contribution in [3.05, 3.63) is 11.6 Å². The highest BCUT2D eigenvalue weighted by molar-refractivity contribution is 8.01. The first-order chi connectivity index (χ1) is 7.75. The number of amides is 1. The molecule has 2 rings (SSSR count). The number of hydrogen-bond donors (Lipinski definition) is 2. The lowest BCUT2D eigenvalue weighted by Crippen LogP contribution is -2.58. The molecule has 3 atom stereocenters. The van der Waals surface area contributed by atoms with Gasteiger partial charge in [0.15, 0.2) is 0 Å². The molecule has 0 saturated carbocycles. The van der Waals surface area contributed by atoms with Gasteiger partial charge in [0.05, 0.1) is 6.10 Å². The van der Waals surface area contributed by atoms with Gasteiger partial charge in [-0.3, -0.25) is 4.79 Å². The van der Waals surface area contributed by atoms with Crippen LogP contribution in [0, 0.1) is 0 Å². The average Bonchev–Trinajstić information content (AvgIpc) is 2.43. The summed E-state index contributed by atoms with van der Waals surface area (Å²) in [7, 11) is 0. The van der Waals surface area contributed by atoms with Crippen LogP contribution in [-0.4, -0.2) is 49.3 Å². The minimum atomic E-state index is -0.977. The molecule has 2 heterocycles. The zero-order valence-corrected chi connectivity index (χ0v) is 10.7. The minimum Gasteiger partial charge on any atom is -0.480 e. The van der Waals surface area contributed by atoms with Crippen molar-refractivity contribution in [2.75, 3.05) is 0 Å². The molecule has 2 saturated heterocycles. The van der Waals surface area contributed by atoms with E-state index in [-0.39, 0.29) is 11.3 Å². The fraction of sp³-hybridized carbons (Fsp3) is 0.636. The van der Waals surface area contributed by atoms with Crippen LogP contribution in [0.5, 0.6) is 0 Å². The zero-order valence-electron chi connectivity index (χ0n) is 9.88. The van der Waals surface area contributed by atoms with Crippen LogP contribution >= 0.6 is 11.8 Å². The first-order valence-corrected chi connectivity index (χ1v) is 6.26. The Morgan fingerprint density at radius 3 is 2.65 bits per heavy atom. The van der Waals surface area contributed by atoms with E-state index in [1.165, 1.54) is 22.7 Å². The van der Waals surface area contributed by atoms with Crippen molar-refractivity contribution in [2.45, 2.75) is 43.0 Å². The maximum absolute atomic E-state index is 11.9. The molecule has 17 heavy (non-hydrogen) atoms. The molecule has 0 aromatic rings. The summed E-state index contributed by atoms with van der Waals surface area (Å²) in [5.74, 6) is -1.25. The Morgan fingerprint density at radius 1 is 1.59 bits per heavy atom. The molecule has 0 unspecified atom stereocenters. The van der Waals surface area contributed by atoms with E-state index in [1.807, 2.05) is 13.8 Å². The molecule has 2 N–H and O–H groups in total. The maximum Gasteiger partial charge on any atom is 0.327 e. The van der Waals surface area contributed by atoms with Crippen molar-refractivity contribution in [3.63, 3.8) is 0 Å². The number of carbonyl (C=O) groups is 2. The van der Waals surface area contributed by atoms with Crippen LogP contribution in [0.15, 0.2) is 11.6 Å². The van der Waals surface area contributed by atoms with Crippen molar-refractivity contribution in [1.29, 1.82) is 0 Å². The fourth-order valence-corrected chi connectivity index (χ4v) is 3.89. The van der Waals surface area contributed by atoms with E-state index in [4.69, 9.17) is 0 Å². The Hall–Kier alpha value is -1.01. The molecule has 0 aromatic heterocycles. The van der Waals surface area contributed by atoms with Gasteiger partial charge in [-0.25, -0.2) is 4.79 Å². The summed E-state index contributed by atoms with van der Waals surface area (Å²) in [6.07, 6.45) is 0.806. The second-order valence-electron chi connectivity index (χ2n) is 4.89. The van der Waals surface area contributed by atoms with Gasteiger partial charge >= 0.3 is 5.97 Å². The monoisotopic (exact) mass is 257 g/mol. The lowest BCUT2D eigenvalue weighted by molar-refractivity contribution is -0.152. The van der Waals surface area contributed by atoms with Crippen molar-refractivity contribution in [2.24, 2.45) is 0 Å². The summed E-state index contributed by atoms with van der Waals surface area (Å²) in [5, 5.41) is 18.2. The predicted molar refractivity (Wildman–Crippen MR) is 63.5 cm³/mol. The van der Waals surface area contributed by atoms with Gasteiger partial charge in [0.25, 0.3) is 5.91 Å². The summed E-state index contributed by atoms with van der Waals surface area (Å²) in [6.45, 7) is 5.21. The summed E-state index contributed by atoms with van der Waals surface area (Å²) in [6, 6.07) is -0.795. The third-order valence-corrected chi connectivity index (χ3v) is 4.54. The molecule has 0 radical (unpaired) electrons. The third kappa shape index (κ3) is 1.75. The molecule has 6 heteroatoms. The summed E-state index contributed by atoms with van der Waals surface area (Å²) in [4.78, 5) is 24.4. The van der Waals surface area contributed by atoms with Crippen LogP contribution in [0.4, 0.5) is 0 Å². The number of carboxylic acid groups (broad SMARTS) is 1. The van der Waals surface area contributed by atoms with Crippen LogP contribution in [0.1, 0.15) is 20.8 Å². The zero-order chi connectivity index (χ0) is 13.0.